The number of carbonyl (C=O) groups excluding carboxylic acids is 1. The largest absolute Gasteiger partial charge is 0.353 e. The molecule has 152 valence electrons. The van der Waals surface area contributed by atoms with Crippen LogP contribution >= 0.6 is 11.7 Å². The van der Waals surface area contributed by atoms with Crippen molar-refractivity contribution in [2.75, 3.05) is 13.1 Å². The zero-order valence-corrected chi connectivity index (χ0v) is 17.6. The SMILES string of the molecule is C[C@@H]1CCCC[C@H]1NC(=O)C1CCN(S(=O)(=O)c2cccc3nsnc23)CC1. The second-order valence-electron chi connectivity index (χ2n) is 7.94. The van der Waals surface area contributed by atoms with Crippen LogP contribution in [0.5, 0.6) is 0 Å². The molecule has 4 rings (SSSR count). The first-order valence-corrected chi connectivity index (χ1v) is 12.2. The number of nitrogens with zero attached hydrogens (tertiary/aromatic N) is 3. The Morgan fingerprint density at radius 2 is 1.89 bits per heavy atom. The summed E-state index contributed by atoms with van der Waals surface area (Å²) < 4.78 is 36.0. The van der Waals surface area contributed by atoms with Gasteiger partial charge in [0.2, 0.25) is 15.9 Å². The summed E-state index contributed by atoms with van der Waals surface area (Å²) in [6, 6.07) is 5.31. The van der Waals surface area contributed by atoms with Gasteiger partial charge in [-0.2, -0.15) is 13.1 Å². The van der Waals surface area contributed by atoms with Crippen molar-refractivity contribution in [3.63, 3.8) is 0 Å². The highest BCUT2D eigenvalue weighted by Gasteiger charge is 2.34. The molecule has 0 spiro atoms. The number of aromatic nitrogens is 2. The van der Waals surface area contributed by atoms with Gasteiger partial charge in [-0.1, -0.05) is 25.8 Å². The molecule has 1 aromatic carbocycles. The van der Waals surface area contributed by atoms with Crippen molar-refractivity contribution in [1.82, 2.24) is 18.4 Å². The van der Waals surface area contributed by atoms with Gasteiger partial charge in [0.05, 0.1) is 11.7 Å². The molecule has 2 heterocycles. The maximum Gasteiger partial charge on any atom is 0.245 e. The minimum Gasteiger partial charge on any atom is -0.353 e. The molecule has 9 heteroatoms. The number of rotatable bonds is 4. The molecule has 2 fully saturated rings. The Hall–Kier alpha value is -1.58. The molecule has 1 saturated carbocycles. The van der Waals surface area contributed by atoms with Crippen LogP contribution in [0, 0.1) is 11.8 Å². The average Bonchev–Trinajstić information content (AvgIpc) is 3.18. The Bertz CT molecular complexity index is 951. The fourth-order valence-corrected chi connectivity index (χ4v) is 6.54. The fourth-order valence-electron chi connectivity index (χ4n) is 4.32. The Balaban J connectivity index is 1.41. The van der Waals surface area contributed by atoms with E-state index in [4.69, 9.17) is 0 Å². The van der Waals surface area contributed by atoms with Gasteiger partial charge >= 0.3 is 0 Å². The second kappa shape index (κ2) is 8.04. The van der Waals surface area contributed by atoms with Crippen LogP contribution in [0.15, 0.2) is 23.1 Å². The molecule has 0 unspecified atom stereocenters. The summed E-state index contributed by atoms with van der Waals surface area (Å²) in [6.07, 6.45) is 5.73. The molecule has 1 aliphatic heterocycles. The van der Waals surface area contributed by atoms with Crippen LogP contribution < -0.4 is 5.32 Å². The predicted molar refractivity (Wildman–Crippen MR) is 108 cm³/mol. The van der Waals surface area contributed by atoms with Crippen molar-refractivity contribution in [2.45, 2.75) is 56.4 Å². The van der Waals surface area contributed by atoms with E-state index in [9.17, 15) is 13.2 Å². The first-order valence-electron chi connectivity index (χ1n) is 9.98. The van der Waals surface area contributed by atoms with Crippen LogP contribution in [0.25, 0.3) is 11.0 Å². The minimum atomic E-state index is -3.64. The molecule has 0 bridgehead atoms. The normalized spacial score (nSPS) is 25.0. The third kappa shape index (κ3) is 3.79. The highest BCUT2D eigenvalue weighted by molar-refractivity contribution is 7.89. The topological polar surface area (TPSA) is 92.3 Å². The number of piperidine rings is 1. The molecule has 7 nitrogen and oxygen atoms in total. The molecule has 0 radical (unpaired) electrons. The van der Waals surface area contributed by atoms with Crippen LogP contribution in [-0.4, -0.2) is 46.5 Å². The molecular weight excluding hydrogens is 396 g/mol. The van der Waals surface area contributed by atoms with Crippen LogP contribution in [-0.2, 0) is 14.8 Å². The molecule has 1 aromatic heterocycles. The predicted octanol–water partition coefficient (Wildman–Crippen LogP) is 2.79. The molecule has 28 heavy (non-hydrogen) atoms. The van der Waals surface area contributed by atoms with Crippen molar-refractivity contribution >= 4 is 38.7 Å². The van der Waals surface area contributed by atoms with Crippen LogP contribution in [0.1, 0.15) is 45.4 Å². The second-order valence-corrected chi connectivity index (χ2v) is 10.4. The van der Waals surface area contributed by atoms with E-state index in [0.717, 1.165) is 18.1 Å². The lowest BCUT2D eigenvalue weighted by atomic mass is 9.85. The number of sulfonamides is 1. The number of nitrogens with one attached hydrogen (secondary N) is 1. The summed E-state index contributed by atoms with van der Waals surface area (Å²) in [4.78, 5) is 12.9. The van der Waals surface area contributed by atoms with E-state index in [1.165, 1.54) is 23.6 Å². The lowest BCUT2D eigenvalue weighted by Crippen LogP contribution is -2.47. The average molecular weight is 423 g/mol. The molecule has 2 aromatic rings. The zero-order valence-electron chi connectivity index (χ0n) is 16.0. The molecule has 1 amide bonds. The Kier molecular flexibility index (Phi) is 5.66. The van der Waals surface area contributed by atoms with Crippen molar-refractivity contribution in [3.05, 3.63) is 18.2 Å². The van der Waals surface area contributed by atoms with Gasteiger partial charge in [-0.25, -0.2) is 8.42 Å². The number of amides is 1. The van der Waals surface area contributed by atoms with Gasteiger partial charge in [-0.3, -0.25) is 4.79 Å². The van der Waals surface area contributed by atoms with Gasteiger partial charge in [0, 0.05) is 25.0 Å². The molecule has 1 aliphatic carbocycles. The molecule has 2 atom stereocenters. The maximum absolute atomic E-state index is 13.1. The summed E-state index contributed by atoms with van der Waals surface area (Å²) in [5.74, 6) is 0.490. The Morgan fingerprint density at radius 3 is 2.64 bits per heavy atom. The molecular formula is C19H26N4O3S2. The van der Waals surface area contributed by atoms with E-state index in [2.05, 4.69) is 21.0 Å². The quantitative estimate of drug-likeness (QED) is 0.818. The summed E-state index contributed by atoms with van der Waals surface area (Å²) in [6.45, 7) is 2.91. The van der Waals surface area contributed by atoms with Crippen molar-refractivity contribution in [2.24, 2.45) is 11.8 Å². The molecule has 1 N–H and O–H groups in total. The van der Waals surface area contributed by atoms with Crippen molar-refractivity contribution < 1.29 is 13.2 Å². The van der Waals surface area contributed by atoms with Crippen LogP contribution in [0.2, 0.25) is 0 Å². The number of hydrogen-bond acceptors (Lipinski definition) is 6. The highest BCUT2D eigenvalue weighted by Crippen LogP contribution is 2.29. The monoisotopic (exact) mass is 422 g/mol. The third-order valence-electron chi connectivity index (χ3n) is 6.13. The Labute approximate surface area is 169 Å². The van der Waals surface area contributed by atoms with Gasteiger partial charge in [-0.15, -0.1) is 0 Å². The van der Waals surface area contributed by atoms with Crippen LogP contribution in [0.4, 0.5) is 0 Å². The van der Waals surface area contributed by atoms with Crippen molar-refractivity contribution in [3.8, 4) is 0 Å². The number of hydrogen-bond donors (Lipinski definition) is 1. The van der Waals surface area contributed by atoms with Crippen LogP contribution in [0.3, 0.4) is 0 Å². The van der Waals surface area contributed by atoms with Gasteiger partial charge in [-0.05, 0) is 43.7 Å². The first kappa shape index (κ1) is 19.7. The van der Waals surface area contributed by atoms with E-state index < -0.39 is 10.0 Å². The minimum absolute atomic E-state index is 0.0848. The summed E-state index contributed by atoms with van der Waals surface area (Å²) in [5, 5.41) is 3.22. The lowest BCUT2D eigenvalue weighted by molar-refractivity contribution is -0.127. The standard InChI is InChI=1S/C19H26N4O3S2/c1-13-5-2-3-6-15(13)20-19(24)14-9-11-23(12-10-14)28(25,26)17-8-4-7-16-18(17)22-27-21-16/h4,7-8,13-15H,2-3,5-6,9-12H2,1H3,(H,20,24)/t13-,15-/m1/s1. The first-order chi connectivity index (χ1) is 13.5. The van der Waals surface area contributed by atoms with E-state index in [0.29, 0.717) is 42.9 Å². The maximum atomic E-state index is 13.1. The van der Waals surface area contributed by atoms with Gasteiger partial charge in [0.15, 0.2) is 0 Å². The van der Waals surface area contributed by atoms with E-state index in [1.807, 2.05) is 0 Å². The lowest BCUT2D eigenvalue weighted by Gasteiger charge is -2.34. The Morgan fingerprint density at radius 1 is 1.14 bits per heavy atom. The third-order valence-corrected chi connectivity index (χ3v) is 8.60. The van der Waals surface area contributed by atoms with Gasteiger partial charge < -0.3 is 5.32 Å². The smallest absolute Gasteiger partial charge is 0.245 e. The molecule has 1 saturated heterocycles. The number of carbonyl (C=O) groups is 1. The van der Waals surface area contributed by atoms with Crippen molar-refractivity contribution in [1.29, 1.82) is 0 Å². The summed E-state index contributed by atoms with van der Waals surface area (Å²) in [5.41, 5.74) is 1.03. The van der Waals surface area contributed by atoms with Gasteiger partial charge in [0.1, 0.15) is 15.9 Å². The number of fused-ring (bicyclic) bond motifs is 1. The fraction of sp³-hybridized carbons (Fsp3) is 0.632. The number of benzene rings is 1. The van der Waals surface area contributed by atoms with Gasteiger partial charge in [0.25, 0.3) is 0 Å². The highest BCUT2D eigenvalue weighted by atomic mass is 32.2. The zero-order chi connectivity index (χ0) is 19.7. The summed E-state index contributed by atoms with van der Waals surface area (Å²) in [7, 11) is -3.64. The van der Waals surface area contributed by atoms with E-state index in [-0.39, 0.29) is 22.8 Å². The van der Waals surface area contributed by atoms with E-state index in [1.54, 1.807) is 18.2 Å². The molecule has 2 aliphatic rings. The summed E-state index contributed by atoms with van der Waals surface area (Å²) >= 11 is 1.01. The van der Waals surface area contributed by atoms with E-state index >= 15 is 0 Å².